The number of hydrogen-bond donors (Lipinski definition) is 1. The molecule has 2 aromatic rings. The highest BCUT2D eigenvalue weighted by atomic mass is 35.5. The molecule has 0 saturated heterocycles. The number of halogens is 1. The molecule has 0 aliphatic carbocycles. The number of aromatic nitrogens is 2. The molecule has 1 N–H and O–H groups in total. The summed E-state index contributed by atoms with van der Waals surface area (Å²) in [4.78, 5) is 23.7. The van der Waals surface area contributed by atoms with Crippen LogP contribution >= 0.6 is 34.7 Å². The van der Waals surface area contributed by atoms with Gasteiger partial charge in [-0.25, -0.2) is 0 Å². The second-order valence-corrected chi connectivity index (χ2v) is 7.86. The van der Waals surface area contributed by atoms with Crippen LogP contribution in [0, 0.1) is 13.8 Å². The molecular formula is C15H16ClN3O2S2. The average molecular weight is 370 g/mol. The zero-order valence-electron chi connectivity index (χ0n) is 12.9. The van der Waals surface area contributed by atoms with Gasteiger partial charge in [-0.15, -0.1) is 21.8 Å². The fraction of sp³-hybridized carbons (Fsp3) is 0.333. The molecule has 122 valence electrons. The Bertz CT molecular complexity index is 731. The molecule has 1 aromatic carbocycles. The predicted octanol–water partition coefficient (Wildman–Crippen LogP) is 3.70. The molecule has 1 atom stereocenters. The highest BCUT2D eigenvalue weighted by Crippen LogP contribution is 2.26. The van der Waals surface area contributed by atoms with Crippen LogP contribution in [0.2, 0.25) is 0 Å². The number of carbonyl (C=O) groups excluding carboxylic acids is 2. The van der Waals surface area contributed by atoms with E-state index in [4.69, 9.17) is 11.6 Å². The topological polar surface area (TPSA) is 72.0 Å². The van der Waals surface area contributed by atoms with Gasteiger partial charge in [0.25, 0.3) is 0 Å². The van der Waals surface area contributed by atoms with E-state index in [-0.39, 0.29) is 17.4 Å². The van der Waals surface area contributed by atoms with Crippen LogP contribution in [0.25, 0.3) is 0 Å². The molecule has 1 heterocycles. The smallest absolute Gasteiger partial charge is 0.243 e. The molecule has 23 heavy (non-hydrogen) atoms. The number of thioether (sulfide) groups is 1. The SMILES string of the molecule is Cc1ccc(C(=O)CSc2nnc(NC(=O)[C@@H](C)Cl)s2)c(C)c1. The van der Waals surface area contributed by atoms with Crippen molar-refractivity contribution >= 4 is 51.5 Å². The number of hydrogen-bond acceptors (Lipinski definition) is 6. The molecule has 0 saturated carbocycles. The van der Waals surface area contributed by atoms with Gasteiger partial charge < -0.3 is 0 Å². The van der Waals surface area contributed by atoms with Crippen LogP contribution < -0.4 is 5.32 Å². The van der Waals surface area contributed by atoms with Gasteiger partial charge in [-0.05, 0) is 26.3 Å². The summed E-state index contributed by atoms with van der Waals surface area (Å²) in [7, 11) is 0. The van der Waals surface area contributed by atoms with Gasteiger partial charge in [-0.3, -0.25) is 14.9 Å². The number of nitrogens with one attached hydrogen (secondary N) is 1. The first kappa shape index (κ1) is 17.9. The number of benzene rings is 1. The summed E-state index contributed by atoms with van der Waals surface area (Å²) < 4.78 is 0.626. The van der Waals surface area contributed by atoms with Crippen LogP contribution in [0.5, 0.6) is 0 Å². The van der Waals surface area contributed by atoms with Crippen molar-refractivity contribution in [2.24, 2.45) is 0 Å². The van der Waals surface area contributed by atoms with Crippen molar-refractivity contribution in [1.82, 2.24) is 10.2 Å². The lowest BCUT2D eigenvalue weighted by Gasteiger charge is -2.04. The Morgan fingerprint density at radius 1 is 1.35 bits per heavy atom. The molecule has 0 aliphatic heterocycles. The van der Waals surface area contributed by atoms with E-state index in [9.17, 15) is 9.59 Å². The molecule has 1 amide bonds. The molecule has 0 fully saturated rings. The molecule has 0 radical (unpaired) electrons. The first-order valence-corrected chi connectivity index (χ1v) is 9.12. The summed E-state index contributed by atoms with van der Waals surface area (Å²) >= 11 is 8.20. The number of aryl methyl sites for hydroxylation is 2. The van der Waals surface area contributed by atoms with E-state index in [0.29, 0.717) is 9.47 Å². The van der Waals surface area contributed by atoms with Crippen molar-refractivity contribution in [2.45, 2.75) is 30.5 Å². The van der Waals surface area contributed by atoms with Crippen molar-refractivity contribution in [3.05, 3.63) is 34.9 Å². The van der Waals surface area contributed by atoms with Gasteiger partial charge in [-0.2, -0.15) is 0 Å². The van der Waals surface area contributed by atoms with Gasteiger partial charge in [0, 0.05) is 5.56 Å². The van der Waals surface area contributed by atoms with Crippen molar-refractivity contribution in [1.29, 1.82) is 0 Å². The fourth-order valence-electron chi connectivity index (χ4n) is 1.85. The number of alkyl halides is 1. The van der Waals surface area contributed by atoms with E-state index in [2.05, 4.69) is 15.5 Å². The Morgan fingerprint density at radius 3 is 2.74 bits per heavy atom. The van der Waals surface area contributed by atoms with E-state index in [1.54, 1.807) is 6.92 Å². The van der Waals surface area contributed by atoms with E-state index >= 15 is 0 Å². The first-order chi connectivity index (χ1) is 10.9. The van der Waals surface area contributed by atoms with Crippen molar-refractivity contribution in [3.63, 3.8) is 0 Å². The number of amides is 1. The molecule has 1 aromatic heterocycles. The van der Waals surface area contributed by atoms with E-state index in [1.165, 1.54) is 23.1 Å². The minimum Gasteiger partial charge on any atom is -0.299 e. The monoisotopic (exact) mass is 369 g/mol. The zero-order valence-corrected chi connectivity index (χ0v) is 15.3. The molecule has 0 bridgehead atoms. The lowest BCUT2D eigenvalue weighted by atomic mass is 10.0. The number of rotatable bonds is 6. The Kier molecular flexibility index (Phi) is 6.15. The Hall–Kier alpha value is -1.44. The highest BCUT2D eigenvalue weighted by molar-refractivity contribution is 8.01. The average Bonchev–Trinajstić information content (AvgIpc) is 2.92. The largest absolute Gasteiger partial charge is 0.299 e. The van der Waals surface area contributed by atoms with Crippen LogP contribution in [0.4, 0.5) is 5.13 Å². The summed E-state index contributed by atoms with van der Waals surface area (Å²) in [6.07, 6.45) is 0. The fourth-order valence-corrected chi connectivity index (χ4v) is 3.55. The number of anilines is 1. The van der Waals surface area contributed by atoms with Gasteiger partial charge in [-0.1, -0.05) is 46.9 Å². The number of nitrogens with zero attached hydrogens (tertiary/aromatic N) is 2. The molecule has 0 aliphatic rings. The Balaban J connectivity index is 1.94. The standard InChI is InChI=1S/C15H16ClN3O2S2/c1-8-4-5-11(9(2)6-8)12(20)7-22-15-19-18-14(23-15)17-13(21)10(3)16/h4-6,10H,7H2,1-3H3,(H,17,18,21)/t10-/m1/s1. The lowest BCUT2D eigenvalue weighted by Crippen LogP contribution is -2.20. The third kappa shape index (κ3) is 5.02. The normalized spacial score (nSPS) is 12.0. The number of ketones is 1. The van der Waals surface area contributed by atoms with Crippen molar-refractivity contribution in [3.8, 4) is 0 Å². The zero-order chi connectivity index (χ0) is 17.0. The summed E-state index contributed by atoms with van der Waals surface area (Å²) in [6, 6.07) is 5.77. The first-order valence-electron chi connectivity index (χ1n) is 6.88. The third-order valence-corrected chi connectivity index (χ3v) is 5.18. The molecule has 0 unspecified atom stereocenters. The van der Waals surface area contributed by atoms with E-state index in [1.807, 2.05) is 32.0 Å². The van der Waals surface area contributed by atoms with Crippen LogP contribution in [0.15, 0.2) is 22.5 Å². The minimum absolute atomic E-state index is 0.0441. The predicted molar refractivity (Wildman–Crippen MR) is 94.8 cm³/mol. The molecule has 2 rings (SSSR count). The quantitative estimate of drug-likeness (QED) is 0.364. The van der Waals surface area contributed by atoms with Gasteiger partial charge in [0.2, 0.25) is 11.0 Å². The Labute approximate surface area is 147 Å². The highest BCUT2D eigenvalue weighted by Gasteiger charge is 2.14. The van der Waals surface area contributed by atoms with E-state index in [0.717, 1.165) is 16.7 Å². The number of carbonyl (C=O) groups is 2. The lowest BCUT2D eigenvalue weighted by molar-refractivity contribution is -0.115. The van der Waals surface area contributed by atoms with Crippen molar-refractivity contribution < 1.29 is 9.59 Å². The maximum absolute atomic E-state index is 12.3. The van der Waals surface area contributed by atoms with Gasteiger partial charge >= 0.3 is 0 Å². The van der Waals surface area contributed by atoms with Crippen LogP contribution in [0.3, 0.4) is 0 Å². The molecular weight excluding hydrogens is 354 g/mol. The maximum atomic E-state index is 12.3. The molecule has 8 heteroatoms. The van der Waals surface area contributed by atoms with Gasteiger partial charge in [0.15, 0.2) is 10.1 Å². The minimum atomic E-state index is -0.638. The molecule has 0 spiro atoms. The molecule has 5 nitrogen and oxygen atoms in total. The third-order valence-electron chi connectivity index (χ3n) is 3.01. The summed E-state index contributed by atoms with van der Waals surface area (Å²) in [6.45, 7) is 5.50. The van der Waals surface area contributed by atoms with Gasteiger partial charge in [0.05, 0.1) is 5.75 Å². The van der Waals surface area contributed by atoms with Gasteiger partial charge in [0.1, 0.15) is 5.38 Å². The van der Waals surface area contributed by atoms with Crippen LogP contribution in [-0.2, 0) is 4.79 Å². The second kappa shape index (κ2) is 7.90. The number of Topliss-reactive ketones (excluding diaryl/α,β-unsaturated/α-hetero) is 1. The summed E-state index contributed by atoms with van der Waals surface area (Å²) in [5.74, 6) is -0.00772. The Morgan fingerprint density at radius 2 is 2.09 bits per heavy atom. The second-order valence-electron chi connectivity index (χ2n) is 5.01. The van der Waals surface area contributed by atoms with Crippen LogP contribution in [-0.4, -0.2) is 33.0 Å². The van der Waals surface area contributed by atoms with Crippen molar-refractivity contribution in [2.75, 3.05) is 11.1 Å². The van der Waals surface area contributed by atoms with E-state index < -0.39 is 5.38 Å². The summed E-state index contributed by atoms with van der Waals surface area (Å²) in [5.41, 5.74) is 2.82. The van der Waals surface area contributed by atoms with Crippen LogP contribution in [0.1, 0.15) is 28.4 Å². The maximum Gasteiger partial charge on any atom is 0.243 e. The summed E-state index contributed by atoms with van der Waals surface area (Å²) in [5, 5.41) is 10.1.